The molecule has 104 valence electrons. The summed E-state index contributed by atoms with van der Waals surface area (Å²) in [6, 6.07) is 5.65. The SMILES string of the molecule is NC(=O)C1(O)CCCN(Cc2cc(Br)ccc2Cl)C1. The van der Waals surface area contributed by atoms with Crippen LogP contribution in [-0.2, 0) is 11.3 Å². The minimum Gasteiger partial charge on any atom is -0.379 e. The van der Waals surface area contributed by atoms with E-state index >= 15 is 0 Å². The van der Waals surface area contributed by atoms with Crippen LogP contribution in [0.15, 0.2) is 22.7 Å². The van der Waals surface area contributed by atoms with Crippen molar-refractivity contribution in [1.82, 2.24) is 4.90 Å². The van der Waals surface area contributed by atoms with E-state index in [4.69, 9.17) is 17.3 Å². The first-order chi connectivity index (χ1) is 8.90. The molecule has 1 heterocycles. The molecule has 6 heteroatoms. The molecule has 4 nitrogen and oxygen atoms in total. The van der Waals surface area contributed by atoms with Gasteiger partial charge in [-0.15, -0.1) is 0 Å². The van der Waals surface area contributed by atoms with E-state index in [2.05, 4.69) is 15.9 Å². The van der Waals surface area contributed by atoms with E-state index in [0.29, 0.717) is 18.0 Å². The number of hydrogen-bond acceptors (Lipinski definition) is 3. The zero-order valence-corrected chi connectivity index (χ0v) is 12.7. The Bertz CT molecular complexity index is 498. The van der Waals surface area contributed by atoms with Crippen molar-refractivity contribution in [3.63, 3.8) is 0 Å². The van der Waals surface area contributed by atoms with Gasteiger partial charge < -0.3 is 10.8 Å². The van der Waals surface area contributed by atoms with E-state index in [1.54, 1.807) is 0 Å². The quantitative estimate of drug-likeness (QED) is 0.878. The summed E-state index contributed by atoms with van der Waals surface area (Å²) < 4.78 is 0.953. The highest BCUT2D eigenvalue weighted by Crippen LogP contribution is 2.26. The average molecular weight is 348 g/mol. The fourth-order valence-electron chi connectivity index (χ4n) is 2.36. The molecule has 1 aliphatic rings. The van der Waals surface area contributed by atoms with E-state index in [9.17, 15) is 9.90 Å². The van der Waals surface area contributed by atoms with Crippen LogP contribution in [0.2, 0.25) is 5.02 Å². The molecule has 3 N–H and O–H groups in total. The second-order valence-corrected chi connectivity index (χ2v) is 6.27. The van der Waals surface area contributed by atoms with Gasteiger partial charge in [-0.2, -0.15) is 0 Å². The van der Waals surface area contributed by atoms with Crippen molar-refractivity contribution in [3.05, 3.63) is 33.3 Å². The van der Waals surface area contributed by atoms with Crippen LogP contribution in [0.5, 0.6) is 0 Å². The Balaban J connectivity index is 2.11. The van der Waals surface area contributed by atoms with E-state index in [-0.39, 0.29) is 6.54 Å². The summed E-state index contributed by atoms with van der Waals surface area (Å²) >= 11 is 9.55. The molecule has 1 saturated heterocycles. The van der Waals surface area contributed by atoms with Crippen molar-refractivity contribution in [2.75, 3.05) is 13.1 Å². The number of halogens is 2. The van der Waals surface area contributed by atoms with Gasteiger partial charge in [-0.3, -0.25) is 9.69 Å². The van der Waals surface area contributed by atoms with Crippen molar-refractivity contribution in [3.8, 4) is 0 Å². The van der Waals surface area contributed by atoms with Gasteiger partial charge in [0.15, 0.2) is 5.60 Å². The van der Waals surface area contributed by atoms with Gasteiger partial charge in [0.25, 0.3) is 5.91 Å². The summed E-state index contributed by atoms with van der Waals surface area (Å²) in [5.74, 6) is -0.655. The fraction of sp³-hybridized carbons (Fsp3) is 0.462. The van der Waals surface area contributed by atoms with Crippen LogP contribution in [0, 0.1) is 0 Å². The molecule has 1 aromatic carbocycles. The number of nitrogens with two attached hydrogens (primary N) is 1. The van der Waals surface area contributed by atoms with Crippen LogP contribution in [-0.4, -0.2) is 34.6 Å². The standard InChI is InChI=1S/C13H16BrClN2O2/c14-10-2-3-11(15)9(6-10)7-17-5-1-4-13(19,8-17)12(16)18/h2-3,6,19H,1,4-5,7-8H2,(H2,16,18). The Morgan fingerprint density at radius 1 is 1.58 bits per heavy atom. The van der Waals surface area contributed by atoms with E-state index in [0.717, 1.165) is 23.0 Å². The highest BCUT2D eigenvalue weighted by atomic mass is 79.9. The number of hydrogen-bond donors (Lipinski definition) is 2. The number of benzene rings is 1. The van der Waals surface area contributed by atoms with E-state index < -0.39 is 11.5 Å². The lowest BCUT2D eigenvalue weighted by molar-refractivity contribution is -0.142. The van der Waals surface area contributed by atoms with Gasteiger partial charge in [-0.25, -0.2) is 0 Å². The predicted octanol–water partition coefficient (Wildman–Crippen LogP) is 1.91. The number of aliphatic hydroxyl groups is 1. The number of rotatable bonds is 3. The van der Waals surface area contributed by atoms with Crippen LogP contribution in [0.1, 0.15) is 18.4 Å². The Morgan fingerprint density at radius 2 is 2.32 bits per heavy atom. The molecule has 1 fully saturated rings. The van der Waals surface area contributed by atoms with Crippen molar-refractivity contribution in [2.45, 2.75) is 25.0 Å². The fourth-order valence-corrected chi connectivity index (χ4v) is 2.95. The summed E-state index contributed by atoms with van der Waals surface area (Å²) in [6.07, 6.45) is 1.16. The Labute approximate surface area is 125 Å². The molecular formula is C13H16BrClN2O2. The molecule has 1 amide bonds. The van der Waals surface area contributed by atoms with Crippen molar-refractivity contribution < 1.29 is 9.90 Å². The lowest BCUT2D eigenvalue weighted by Gasteiger charge is -2.37. The molecule has 0 aliphatic carbocycles. The lowest BCUT2D eigenvalue weighted by Crippen LogP contribution is -2.55. The second kappa shape index (κ2) is 5.79. The first-order valence-electron chi connectivity index (χ1n) is 6.09. The predicted molar refractivity (Wildman–Crippen MR) is 77.8 cm³/mol. The van der Waals surface area contributed by atoms with Gasteiger partial charge >= 0.3 is 0 Å². The molecule has 0 bridgehead atoms. The van der Waals surface area contributed by atoms with Crippen LogP contribution in [0.25, 0.3) is 0 Å². The maximum absolute atomic E-state index is 11.3. The topological polar surface area (TPSA) is 66.6 Å². The van der Waals surface area contributed by atoms with Gasteiger partial charge in [0.05, 0.1) is 0 Å². The molecule has 1 aromatic rings. The van der Waals surface area contributed by atoms with Crippen molar-refractivity contribution >= 4 is 33.4 Å². The Hall–Kier alpha value is -0.620. The van der Waals surface area contributed by atoms with Crippen LogP contribution >= 0.6 is 27.5 Å². The molecule has 1 aliphatic heterocycles. The largest absolute Gasteiger partial charge is 0.379 e. The number of primary amides is 1. The maximum atomic E-state index is 11.3. The first-order valence-corrected chi connectivity index (χ1v) is 7.26. The average Bonchev–Trinajstić information content (AvgIpc) is 2.34. The van der Waals surface area contributed by atoms with Crippen LogP contribution in [0.3, 0.4) is 0 Å². The van der Waals surface area contributed by atoms with Crippen LogP contribution < -0.4 is 5.73 Å². The molecular weight excluding hydrogens is 332 g/mol. The molecule has 0 radical (unpaired) electrons. The van der Waals surface area contributed by atoms with E-state index in [1.807, 2.05) is 23.1 Å². The third-order valence-electron chi connectivity index (χ3n) is 3.41. The van der Waals surface area contributed by atoms with Gasteiger partial charge in [0.1, 0.15) is 0 Å². The molecule has 0 aromatic heterocycles. The monoisotopic (exact) mass is 346 g/mol. The molecule has 0 saturated carbocycles. The number of carbonyl (C=O) groups is 1. The smallest absolute Gasteiger partial charge is 0.250 e. The zero-order valence-electron chi connectivity index (χ0n) is 10.4. The molecule has 1 unspecified atom stereocenters. The lowest BCUT2D eigenvalue weighted by atomic mass is 9.92. The summed E-state index contributed by atoms with van der Waals surface area (Å²) in [6.45, 7) is 1.66. The Kier molecular flexibility index (Phi) is 4.50. The third kappa shape index (κ3) is 3.48. The number of piperidine rings is 1. The number of likely N-dealkylation sites (tertiary alicyclic amines) is 1. The summed E-state index contributed by atoms with van der Waals surface area (Å²) in [4.78, 5) is 13.3. The number of amides is 1. The summed E-state index contributed by atoms with van der Waals surface area (Å²) in [5.41, 5.74) is 4.80. The van der Waals surface area contributed by atoms with Gasteiger partial charge in [-0.1, -0.05) is 27.5 Å². The highest BCUT2D eigenvalue weighted by Gasteiger charge is 2.38. The maximum Gasteiger partial charge on any atom is 0.250 e. The third-order valence-corrected chi connectivity index (χ3v) is 4.27. The normalized spacial score (nSPS) is 24.4. The van der Waals surface area contributed by atoms with E-state index in [1.165, 1.54) is 0 Å². The molecule has 2 rings (SSSR count). The molecule has 1 atom stereocenters. The number of nitrogens with zero attached hydrogens (tertiary/aromatic N) is 1. The zero-order chi connectivity index (χ0) is 14.0. The first kappa shape index (κ1) is 14.8. The van der Waals surface area contributed by atoms with Crippen molar-refractivity contribution in [2.24, 2.45) is 5.73 Å². The molecule has 19 heavy (non-hydrogen) atoms. The number of β-amino-alcohol motifs (C(OH)–C–C–N with tert-alkyl or cyclic N) is 1. The molecule has 0 spiro atoms. The minimum absolute atomic E-state index is 0.255. The highest BCUT2D eigenvalue weighted by molar-refractivity contribution is 9.10. The second-order valence-electron chi connectivity index (χ2n) is 4.95. The minimum atomic E-state index is -1.42. The summed E-state index contributed by atoms with van der Waals surface area (Å²) in [7, 11) is 0. The van der Waals surface area contributed by atoms with Crippen LogP contribution in [0.4, 0.5) is 0 Å². The van der Waals surface area contributed by atoms with Crippen molar-refractivity contribution in [1.29, 1.82) is 0 Å². The Morgan fingerprint density at radius 3 is 3.00 bits per heavy atom. The summed E-state index contributed by atoms with van der Waals surface area (Å²) in [5, 5.41) is 10.8. The van der Waals surface area contributed by atoms with Gasteiger partial charge in [-0.05, 0) is 43.1 Å². The number of carbonyl (C=O) groups excluding carboxylic acids is 1. The van der Waals surface area contributed by atoms with Gasteiger partial charge in [0.2, 0.25) is 0 Å². The van der Waals surface area contributed by atoms with Gasteiger partial charge in [0, 0.05) is 22.6 Å².